The molecule has 0 radical (unpaired) electrons. The summed E-state index contributed by atoms with van der Waals surface area (Å²) < 4.78 is 32.9. The summed E-state index contributed by atoms with van der Waals surface area (Å²) in [6.45, 7) is 6.13. The molecule has 0 heterocycles. The Balaban J connectivity index is 0.00000261. The summed E-state index contributed by atoms with van der Waals surface area (Å²) in [4.78, 5) is -0.0623. The Kier molecular flexibility index (Phi) is 6.55. The van der Waals surface area contributed by atoms with E-state index in [0.717, 1.165) is 10.9 Å². The van der Waals surface area contributed by atoms with Crippen LogP contribution in [0.15, 0.2) is 71.6 Å². The molecule has 0 aromatic heterocycles. The van der Waals surface area contributed by atoms with Gasteiger partial charge in [0, 0.05) is 0 Å². The van der Waals surface area contributed by atoms with Crippen molar-refractivity contribution in [1.29, 1.82) is 0 Å². The van der Waals surface area contributed by atoms with Gasteiger partial charge in [0.2, 0.25) is 0 Å². The van der Waals surface area contributed by atoms with Crippen LogP contribution in [0.2, 0.25) is 0 Å². The lowest BCUT2D eigenvalue weighted by molar-refractivity contribution is 0.483. The van der Waals surface area contributed by atoms with E-state index in [1.54, 1.807) is 12.1 Å². The van der Waals surface area contributed by atoms with E-state index >= 15 is 0 Å². The number of hydrogen-bond acceptors (Lipinski definition) is 3. The Morgan fingerprint density at radius 3 is 1.59 bits per heavy atom. The predicted molar refractivity (Wildman–Crippen MR) is 114 cm³/mol. The Morgan fingerprint density at radius 1 is 0.704 bits per heavy atom. The molecule has 0 atom stereocenters. The van der Waals surface area contributed by atoms with E-state index in [-0.39, 0.29) is 11.0 Å². The summed E-state index contributed by atoms with van der Waals surface area (Å²) in [5, 5.41) is 3.32. The van der Waals surface area contributed by atoms with Crippen LogP contribution >= 0.6 is 7.92 Å². The molecule has 0 saturated heterocycles. The largest absolute Gasteiger partial charge is 0.344 e. The second kappa shape index (κ2) is 8.32. The molecule has 3 aromatic carbocycles. The average molecular weight is 401 g/mol. The third-order valence-electron chi connectivity index (χ3n) is 4.43. The Labute approximate surface area is 162 Å². The lowest BCUT2D eigenvalue weighted by Crippen LogP contribution is -2.26. The summed E-state index contributed by atoms with van der Waals surface area (Å²) in [6.07, 6.45) is 0. The van der Waals surface area contributed by atoms with Gasteiger partial charge < -0.3 is 6.15 Å². The summed E-state index contributed by atoms with van der Waals surface area (Å²) >= 11 is 0. The highest BCUT2D eigenvalue weighted by Gasteiger charge is 2.23. The molecule has 4 nitrogen and oxygen atoms in total. The maximum atomic E-state index is 11.7. The fraction of sp³-hybridized carbons (Fsp3) is 0.143. The van der Waals surface area contributed by atoms with Gasteiger partial charge in [-0.1, -0.05) is 54.6 Å². The van der Waals surface area contributed by atoms with Crippen molar-refractivity contribution < 1.29 is 13.0 Å². The molecular weight excluding hydrogens is 377 g/mol. The SMILES string of the molecule is Cc1ccccc1P(c1ccccc1C)c1cc(S(=O)(=O)O)ccc1C.N. The first-order chi connectivity index (χ1) is 12.3. The number of benzene rings is 3. The van der Waals surface area contributed by atoms with Crippen molar-refractivity contribution in [3.8, 4) is 0 Å². The van der Waals surface area contributed by atoms with Crippen molar-refractivity contribution in [1.82, 2.24) is 6.15 Å². The van der Waals surface area contributed by atoms with Crippen LogP contribution in [-0.4, -0.2) is 13.0 Å². The fourth-order valence-electron chi connectivity index (χ4n) is 3.01. The summed E-state index contributed by atoms with van der Waals surface area (Å²) in [5.74, 6) is 0. The third-order valence-corrected chi connectivity index (χ3v) is 8.21. The van der Waals surface area contributed by atoms with Crippen LogP contribution < -0.4 is 22.1 Å². The maximum Gasteiger partial charge on any atom is 0.294 e. The van der Waals surface area contributed by atoms with Crippen molar-refractivity contribution in [2.45, 2.75) is 25.7 Å². The zero-order chi connectivity index (χ0) is 18.9. The average Bonchev–Trinajstić information content (AvgIpc) is 2.59. The highest BCUT2D eigenvalue weighted by molar-refractivity contribution is 7.86. The van der Waals surface area contributed by atoms with E-state index in [2.05, 4.69) is 38.1 Å². The fourth-order valence-corrected chi connectivity index (χ4v) is 6.40. The van der Waals surface area contributed by atoms with Crippen molar-refractivity contribution in [2.75, 3.05) is 0 Å². The molecule has 142 valence electrons. The molecule has 27 heavy (non-hydrogen) atoms. The van der Waals surface area contributed by atoms with Crippen molar-refractivity contribution in [2.24, 2.45) is 0 Å². The maximum absolute atomic E-state index is 11.7. The van der Waals surface area contributed by atoms with Gasteiger partial charge in [0.25, 0.3) is 10.1 Å². The lowest BCUT2D eigenvalue weighted by atomic mass is 10.2. The van der Waals surface area contributed by atoms with Crippen LogP contribution in [0, 0.1) is 20.8 Å². The van der Waals surface area contributed by atoms with Gasteiger partial charge in [-0.25, -0.2) is 0 Å². The normalized spacial score (nSPS) is 11.3. The van der Waals surface area contributed by atoms with Crippen LogP contribution in [0.1, 0.15) is 16.7 Å². The minimum atomic E-state index is -4.25. The third kappa shape index (κ3) is 4.45. The second-order valence-corrected chi connectivity index (χ2v) is 9.87. The van der Waals surface area contributed by atoms with Gasteiger partial charge in [-0.2, -0.15) is 8.42 Å². The first-order valence-corrected chi connectivity index (χ1v) is 11.1. The molecule has 0 amide bonds. The van der Waals surface area contributed by atoms with Crippen LogP contribution in [-0.2, 0) is 10.1 Å². The highest BCUT2D eigenvalue weighted by Crippen LogP contribution is 2.37. The van der Waals surface area contributed by atoms with Crippen molar-refractivity contribution in [3.05, 3.63) is 83.4 Å². The molecule has 0 bridgehead atoms. The molecular formula is C21H24NO3PS. The van der Waals surface area contributed by atoms with Crippen molar-refractivity contribution in [3.63, 3.8) is 0 Å². The monoisotopic (exact) mass is 401 g/mol. The molecule has 3 rings (SSSR count). The van der Waals surface area contributed by atoms with Gasteiger partial charge in [-0.15, -0.1) is 0 Å². The Bertz CT molecular complexity index is 1020. The van der Waals surface area contributed by atoms with Crippen LogP contribution in [0.4, 0.5) is 0 Å². The zero-order valence-electron chi connectivity index (χ0n) is 15.7. The lowest BCUT2D eigenvalue weighted by Gasteiger charge is -2.24. The summed E-state index contributed by atoms with van der Waals surface area (Å²) in [5.41, 5.74) is 3.34. The van der Waals surface area contributed by atoms with E-state index in [4.69, 9.17) is 0 Å². The summed E-state index contributed by atoms with van der Waals surface area (Å²) in [6, 6.07) is 21.2. The molecule has 3 aromatic rings. The highest BCUT2D eigenvalue weighted by atomic mass is 32.2. The molecule has 0 aliphatic rings. The van der Waals surface area contributed by atoms with Crippen LogP contribution in [0.25, 0.3) is 0 Å². The van der Waals surface area contributed by atoms with Gasteiger partial charge in [-0.05, 0) is 73.4 Å². The van der Waals surface area contributed by atoms with Gasteiger partial charge in [0.1, 0.15) is 0 Å². The topological polar surface area (TPSA) is 89.4 Å². The molecule has 0 spiro atoms. The van der Waals surface area contributed by atoms with E-state index in [9.17, 15) is 13.0 Å². The van der Waals surface area contributed by atoms with E-state index in [0.29, 0.717) is 0 Å². The van der Waals surface area contributed by atoms with E-state index < -0.39 is 18.0 Å². The van der Waals surface area contributed by atoms with Crippen LogP contribution in [0.5, 0.6) is 0 Å². The van der Waals surface area contributed by atoms with Gasteiger partial charge in [-0.3, -0.25) is 4.55 Å². The number of rotatable bonds is 4. The van der Waals surface area contributed by atoms with Crippen LogP contribution in [0.3, 0.4) is 0 Å². The van der Waals surface area contributed by atoms with Gasteiger partial charge in [0.05, 0.1) is 4.90 Å². The Morgan fingerprint density at radius 2 is 1.15 bits per heavy atom. The first kappa shape index (κ1) is 21.3. The van der Waals surface area contributed by atoms with Gasteiger partial charge in [0.15, 0.2) is 0 Å². The molecule has 0 fully saturated rings. The molecule has 0 unspecified atom stereocenters. The first-order valence-electron chi connectivity index (χ1n) is 8.28. The van der Waals surface area contributed by atoms with Crippen molar-refractivity contribution >= 4 is 34.0 Å². The van der Waals surface area contributed by atoms with E-state index in [1.807, 2.05) is 31.2 Å². The zero-order valence-corrected chi connectivity index (χ0v) is 17.4. The number of aryl methyl sites for hydroxylation is 3. The minimum absolute atomic E-state index is 0. The number of hydrogen-bond donors (Lipinski definition) is 2. The standard InChI is InChI=1S/C21H21O3PS.H3N/c1-15-8-4-6-10-19(15)25(20-11-7-5-9-16(20)2)21-14-18(26(22,23)24)13-12-17(21)3;/h4-14H,1-3H3,(H,22,23,24);1H3. The van der Waals surface area contributed by atoms with E-state index in [1.165, 1.54) is 27.8 Å². The smallest absolute Gasteiger partial charge is 0.294 e. The Hall–Kier alpha value is -2.04. The second-order valence-electron chi connectivity index (χ2n) is 6.33. The summed E-state index contributed by atoms with van der Waals surface area (Å²) in [7, 11) is -5.20. The van der Waals surface area contributed by atoms with Gasteiger partial charge >= 0.3 is 0 Å². The molecule has 6 heteroatoms. The molecule has 4 N–H and O–H groups in total. The quantitative estimate of drug-likeness (QED) is 0.514. The molecule has 0 saturated carbocycles. The molecule has 0 aliphatic carbocycles. The predicted octanol–water partition coefficient (Wildman–Crippen LogP) is 3.78. The minimum Gasteiger partial charge on any atom is -0.344 e. The molecule has 0 aliphatic heterocycles.